The van der Waals surface area contributed by atoms with Gasteiger partial charge in [-0.2, -0.15) is 0 Å². The Morgan fingerprint density at radius 3 is 2.95 bits per heavy atom. The van der Waals surface area contributed by atoms with E-state index in [0.29, 0.717) is 10.8 Å². The fraction of sp³-hybridized carbons (Fsp3) is 0.333. The average molecular weight is 275 g/mol. The summed E-state index contributed by atoms with van der Waals surface area (Å²) in [6.45, 7) is 0.718. The molecule has 4 heteroatoms. The number of nitrogens with zero attached hydrogens (tertiary/aromatic N) is 1. The molecule has 0 bridgehead atoms. The summed E-state index contributed by atoms with van der Waals surface area (Å²) >= 11 is 6.11. The van der Waals surface area contributed by atoms with E-state index < -0.39 is 0 Å². The molecule has 3 nitrogen and oxygen atoms in total. The second-order valence-electron chi connectivity index (χ2n) is 5.01. The molecule has 1 amide bonds. The highest BCUT2D eigenvalue weighted by molar-refractivity contribution is 6.34. The van der Waals surface area contributed by atoms with E-state index in [1.807, 2.05) is 24.3 Å². The molecule has 1 N–H and O–H groups in total. The molecule has 1 heterocycles. The summed E-state index contributed by atoms with van der Waals surface area (Å²) in [7, 11) is 0. The molecule has 0 spiro atoms. The predicted molar refractivity (Wildman–Crippen MR) is 76.4 cm³/mol. The summed E-state index contributed by atoms with van der Waals surface area (Å²) in [6, 6.07) is 9.45. The minimum Gasteiger partial charge on any atom is -0.351 e. The number of halogens is 1. The van der Waals surface area contributed by atoms with Crippen LogP contribution in [-0.4, -0.2) is 17.4 Å². The molecule has 1 aliphatic carbocycles. The highest BCUT2D eigenvalue weighted by Gasteiger charge is 2.21. The topological polar surface area (TPSA) is 42.0 Å². The first kappa shape index (κ1) is 12.4. The SMILES string of the molecule is O=C(NCCC1CC1)c1cc2ccccc2c(Cl)n1. The number of carbonyl (C=O) groups is 1. The van der Waals surface area contributed by atoms with Gasteiger partial charge in [0.2, 0.25) is 0 Å². The van der Waals surface area contributed by atoms with Crippen LogP contribution < -0.4 is 5.32 Å². The number of aromatic nitrogens is 1. The molecule has 2 aromatic rings. The fourth-order valence-corrected chi connectivity index (χ4v) is 2.42. The molecular weight excluding hydrogens is 260 g/mol. The van der Waals surface area contributed by atoms with Gasteiger partial charge in [0.15, 0.2) is 0 Å². The second-order valence-corrected chi connectivity index (χ2v) is 5.37. The number of rotatable bonds is 4. The Bertz CT molecular complexity index is 623. The maximum Gasteiger partial charge on any atom is 0.269 e. The van der Waals surface area contributed by atoms with Gasteiger partial charge in [-0.25, -0.2) is 4.98 Å². The van der Waals surface area contributed by atoms with Crippen molar-refractivity contribution in [3.63, 3.8) is 0 Å². The average Bonchev–Trinajstić information content (AvgIpc) is 3.23. The van der Waals surface area contributed by atoms with Crippen LogP contribution in [0.15, 0.2) is 30.3 Å². The molecule has 1 aromatic heterocycles. The van der Waals surface area contributed by atoms with Crippen LogP contribution in [0.1, 0.15) is 29.8 Å². The Morgan fingerprint density at radius 1 is 1.37 bits per heavy atom. The lowest BCUT2D eigenvalue weighted by molar-refractivity contribution is 0.0948. The van der Waals surface area contributed by atoms with Crippen molar-refractivity contribution in [3.05, 3.63) is 41.2 Å². The third-order valence-electron chi connectivity index (χ3n) is 3.46. The van der Waals surface area contributed by atoms with Gasteiger partial charge in [-0.05, 0) is 23.8 Å². The highest BCUT2D eigenvalue weighted by atomic mass is 35.5. The summed E-state index contributed by atoms with van der Waals surface area (Å²) in [5, 5.41) is 5.10. The molecule has 3 rings (SSSR count). The maximum absolute atomic E-state index is 12.0. The lowest BCUT2D eigenvalue weighted by Crippen LogP contribution is -2.25. The van der Waals surface area contributed by atoms with Crippen molar-refractivity contribution in [2.45, 2.75) is 19.3 Å². The molecule has 1 aromatic carbocycles. The lowest BCUT2D eigenvalue weighted by Gasteiger charge is -2.06. The third kappa shape index (κ3) is 2.87. The van der Waals surface area contributed by atoms with Crippen LogP contribution in [0.5, 0.6) is 0 Å². The van der Waals surface area contributed by atoms with Crippen molar-refractivity contribution in [3.8, 4) is 0 Å². The maximum atomic E-state index is 12.0. The van der Waals surface area contributed by atoms with E-state index in [-0.39, 0.29) is 5.91 Å². The minimum absolute atomic E-state index is 0.145. The summed E-state index contributed by atoms with van der Waals surface area (Å²) in [6.07, 6.45) is 3.67. The first-order chi connectivity index (χ1) is 9.24. The first-order valence-electron chi connectivity index (χ1n) is 6.57. The molecule has 0 atom stereocenters. The van der Waals surface area contributed by atoms with E-state index in [1.165, 1.54) is 12.8 Å². The van der Waals surface area contributed by atoms with Crippen molar-refractivity contribution < 1.29 is 4.79 Å². The Hall–Kier alpha value is -1.61. The quantitative estimate of drug-likeness (QED) is 0.868. The summed E-state index contributed by atoms with van der Waals surface area (Å²) in [5.74, 6) is 0.668. The molecule has 98 valence electrons. The first-order valence-corrected chi connectivity index (χ1v) is 6.95. The molecule has 1 saturated carbocycles. The van der Waals surface area contributed by atoms with Crippen LogP contribution >= 0.6 is 11.6 Å². The number of hydrogen-bond acceptors (Lipinski definition) is 2. The fourth-order valence-electron chi connectivity index (χ4n) is 2.16. The number of nitrogens with one attached hydrogen (secondary N) is 1. The Labute approximate surface area is 117 Å². The van der Waals surface area contributed by atoms with Crippen molar-refractivity contribution in [2.24, 2.45) is 5.92 Å². The monoisotopic (exact) mass is 274 g/mol. The minimum atomic E-state index is -0.145. The van der Waals surface area contributed by atoms with Gasteiger partial charge in [0.1, 0.15) is 10.8 Å². The van der Waals surface area contributed by atoms with Crippen LogP contribution in [0.4, 0.5) is 0 Å². The van der Waals surface area contributed by atoms with Crippen molar-refractivity contribution >= 4 is 28.3 Å². The van der Waals surface area contributed by atoms with Gasteiger partial charge in [0, 0.05) is 11.9 Å². The van der Waals surface area contributed by atoms with Gasteiger partial charge in [-0.3, -0.25) is 4.79 Å². The van der Waals surface area contributed by atoms with Crippen LogP contribution in [0.3, 0.4) is 0 Å². The molecule has 0 aliphatic heterocycles. The molecule has 0 saturated heterocycles. The van der Waals surface area contributed by atoms with E-state index in [9.17, 15) is 4.79 Å². The van der Waals surface area contributed by atoms with Gasteiger partial charge in [0.25, 0.3) is 5.91 Å². The molecule has 19 heavy (non-hydrogen) atoms. The summed E-state index contributed by atoms with van der Waals surface area (Å²) in [4.78, 5) is 16.2. The van der Waals surface area contributed by atoms with Gasteiger partial charge in [-0.1, -0.05) is 48.7 Å². The molecule has 0 radical (unpaired) electrons. The Balaban J connectivity index is 1.77. The number of pyridine rings is 1. The Kier molecular flexibility index (Phi) is 3.38. The van der Waals surface area contributed by atoms with Crippen molar-refractivity contribution in [1.82, 2.24) is 10.3 Å². The summed E-state index contributed by atoms with van der Waals surface area (Å²) < 4.78 is 0. The zero-order chi connectivity index (χ0) is 13.2. The molecule has 1 fully saturated rings. The Morgan fingerprint density at radius 2 is 2.16 bits per heavy atom. The summed E-state index contributed by atoms with van der Waals surface area (Å²) in [5.41, 5.74) is 0.388. The van der Waals surface area contributed by atoms with E-state index >= 15 is 0 Å². The lowest BCUT2D eigenvalue weighted by atomic mass is 10.1. The normalized spacial score (nSPS) is 14.6. The number of amides is 1. The zero-order valence-electron chi connectivity index (χ0n) is 10.5. The van der Waals surface area contributed by atoms with Crippen LogP contribution in [0.25, 0.3) is 10.8 Å². The molecule has 1 aliphatic rings. The van der Waals surface area contributed by atoms with Gasteiger partial charge >= 0.3 is 0 Å². The number of fused-ring (bicyclic) bond motifs is 1. The smallest absolute Gasteiger partial charge is 0.269 e. The van der Waals surface area contributed by atoms with Crippen molar-refractivity contribution in [1.29, 1.82) is 0 Å². The second kappa shape index (κ2) is 5.17. The number of benzene rings is 1. The van der Waals surface area contributed by atoms with E-state index in [2.05, 4.69) is 10.3 Å². The third-order valence-corrected chi connectivity index (χ3v) is 3.75. The van der Waals surface area contributed by atoms with Gasteiger partial charge in [0.05, 0.1) is 0 Å². The number of hydrogen-bond donors (Lipinski definition) is 1. The van der Waals surface area contributed by atoms with E-state index in [4.69, 9.17) is 11.6 Å². The molecular formula is C15H15ClN2O. The van der Waals surface area contributed by atoms with E-state index in [0.717, 1.165) is 29.7 Å². The standard InChI is InChI=1S/C15H15ClN2O/c16-14-12-4-2-1-3-11(12)9-13(18-14)15(19)17-8-7-10-5-6-10/h1-4,9-10H,5-8H2,(H,17,19). The largest absolute Gasteiger partial charge is 0.351 e. The van der Waals surface area contributed by atoms with Crippen LogP contribution in [-0.2, 0) is 0 Å². The number of carbonyl (C=O) groups excluding carboxylic acids is 1. The predicted octanol–water partition coefficient (Wildman–Crippen LogP) is 3.42. The van der Waals surface area contributed by atoms with E-state index in [1.54, 1.807) is 6.07 Å². The van der Waals surface area contributed by atoms with Crippen LogP contribution in [0.2, 0.25) is 5.15 Å². The van der Waals surface area contributed by atoms with Gasteiger partial charge in [-0.15, -0.1) is 0 Å². The molecule has 0 unspecified atom stereocenters. The van der Waals surface area contributed by atoms with Gasteiger partial charge < -0.3 is 5.32 Å². The highest BCUT2D eigenvalue weighted by Crippen LogP contribution is 2.31. The van der Waals surface area contributed by atoms with Crippen LogP contribution in [0, 0.1) is 5.92 Å². The van der Waals surface area contributed by atoms with Crippen molar-refractivity contribution in [2.75, 3.05) is 6.54 Å². The zero-order valence-corrected chi connectivity index (χ0v) is 11.3.